The van der Waals surface area contributed by atoms with Gasteiger partial charge in [0.2, 0.25) is 5.91 Å². The number of anilines is 1. The molecule has 2 amide bonds. The molecule has 7 nitrogen and oxygen atoms in total. The van der Waals surface area contributed by atoms with Gasteiger partial charge in [-0.2, -0.15) is 5.10 Å². The van der Waals surface area contributed by atoms with Gasteiger partial charge in [0.05, 0.1) is 17.4 Å². The van der Waals surface area contributed by atoms with Gasteiger partial charge in [-0.15, -0.1) is 0 Å². The zero-order valence-corrected chi connectivity index (χ0v) is 13.9. The third-order valence-corrected chi connectivity index (χ3v) is 3.91. The van der Waals surface area contributed by atoms with E-state index in [0.29, 0.717) is 11.4 Å². The zero-order chi connectivity index (χ0) is 17.3. The van der Waals surface area contributed by atoms with Gasteiger partial charge in [0.1, 0.15) is 12.3 Å². The minimum Gasteiger partial charge on any atom is -0.482 e. The second kappa shape index (κ2) is 6.35. The molecule has 0 spiro atoms. The van der Waals surface area contributed by atoms with E-state index in [4.69, 9.17) is 4.74 Å². The summed E-state index contributed by atoms with van der Waals surface area (Å²) in [6, 6.07) is 7.24. The number of hydrogen-bond donors (Lipinski definition) is 2. The molecule has 0 fully saturated rings. The predicted octanol–water partition coefficient (Wildman–Crippen LogP) is 1.71. The first kappa shape index (κ1) is 16.0. The van der Waals surface area contributed by atoms with Gasteiger partial charge in [-0.05, 0) is 44.5 Å². The summed E-state index contributed by atoms with van der Waals surface area (Å²) in [5, 5.41) is 10.0. The van der Waals surface area contributed by atoms with E-state index in [1.54, 1.807) is 10.7 Å². The number of benzene rings is 1. The van der Waals surface area contributed by atoms with Crippen molar-refractivity contribution in [2.75, 3.05) is 11.9 Å². The molecule has 1 aliphatic heterocycles. The van der Waals surface area contributed by atoms with E-state index < -0.39 is 0 Å². The summed E-state index contributed by atoms with van der Waals surface area (Å²) in [6.07, 6.45) is 0. The predicted molar refractivity (Wildman–Crippen MR) is 88.8 cm³/mol. The summed E-state index contributed by atoms with van der Waals surface area (Å²) in [7, 11) is 0. The molecule has 2 N–H and O–H groups in total. The molecular formula is C17H20N4O3. The molecule has 3 rings (SSSR count). The highest BCUT2D eigenvalue weighted by Crippen LogP contribution is 2.30. The van der Waals surface area contributed by atoms with Gasteiger partial charge in [0.15, 0.2) is 6.61 Å². The summed E-state index contributed by atoms with van der Waals surface area (Å²) < 4.78 is 7.01. The lowest BCUT2D eigenvalue weighted by atomic mass is 10.1. The number of aromatic nitrogens is 2. The van der Waals surface area contributed by atoms with E-state index in [2.05, 4.69) is 15.7 Å². The van der Waals surface area contributed by atoms with Crippen molar-refractivity contribution in [1.29, 1.82) is 0 Å². The Labute approximate surface area is 140 Å². The fraction of sp³-hybridized carbons (Fsp3) is 0.353. The molecule has 0 bridgehead atoms. The van der Waals surface area contributed by atoms with Crippen molar-refractivity contribution in [3.8, 4) is 5.75 Å². The largest absolute Gasteiger partial charge is 0.482 e. The first-order valence-electron chi connectivity index (χ1n) is 7.79. The van der Waals surface area contributed by atoms with Gasteiger partial charge < -0.3 is 15.4 Å². The van der Waals surface area contributed by atoms with Crippen LogP contribution in [0.2, 0.25) is 0 Å². The van der Waals surface area contributed by atoms with Gasteiger partial charge in [-0.3, -0.25) is 14.3 Å². The number of carbonyl (C=O) groups is 2. The standard InChI is InChI=1S/C17H20N4O3/c1-10-6-11(2)21(20-10)8-16(22)18-12(3)13-4-5-15-14(7-13)19-17(23)9-24-15/h4-7,12H,8-9H2,1-3H3,(H,18,22)(H,19,23)/t12-/m0/s1. The van der Waals surface area contributed by atoms with Crippen molar-refractivity contribution in [1.82, 2.24) is 15.1 Å². The Hall–Kier alpha value is -2.83. The van der Waals surface area contributed by atoms with Crippen LogP contribution in [0.4, 0.5) is 5.69 Å². The number of fused-ring (bicyclic) bond motifs is 1. The van der Waals surface area contributed by atoms with Crippen LogP contribution in [0.25, 0.3) is 0 Å². The molecule has 1 aliphatic rings. The Morgan fingerprint density at radius 1 is 1.42 bits per heavy atom. The highest BCUT2D eigenvalue weighted by molar-refractivity contribution is 5.95. The normalized spacial score (nSPS) is 14.4. The van der Waals surface area contributed by atoms with E-state index in [1.807, 2.05) is 39.0 Å². The number of ether oxygens (including phenoxy) is 1. The van der Waals surface area contributed by atoms with Crippen molar-refractivity contribution in [2.24, 2.45) is 0 Å². The lowest BCUT2D eigenvalue weighted by Gasteiger charge is -2.21. The van der Waals surface area contributed by atoms with E-state index in [9.17, 15) is 9.59 Å². The van der Waals surface area contributed by atoms with Crippen LogP contribution < -0.4 is 15.4 Å². The summed E-state index contributed by atoms with van der Waals surface area (Å²) in [5.74, 6) is 0.340. The number of carbonyl (C=O) groups excluding carboxylic acids is 2. The number of aryl methyl sites for hydroxylation is 2. The average molecular weight is 328 g/mol. The van der Waals surface area contributed by atoms with Crippen LogP contribution in [-0.2, 0) is 16.1 Å². The fourth-order valence-electron chi connectivity index (χ4n) is 2.71. The third kappa shape index (κ3) is 3.40. The molecule has 1 aromatic carbocycles. The van der Waals surface area contributed by atoms with Crippen LogP contribution in [0.1, 0.15) is 29.9 Å². The monoisotopic (exact) mass is 328 g/mol. The second-order valence-electron chi connectivity index (χ2n) is 5.97. The molecule has 0 unspecified atom stereocenters. The maximum Gasteiger partial charge on any atom is 0.262 e. The van der Waals surface area contributed by atoms with Crippen molar-refractivity contribution < 1.29 is 14.3 Å². The zero-order valence-electron chi connectivity index (χ0n) is 13.9. The van der Waals surface area contributed by atoms with Gasteiger partial charge in [-0.25, -0.2) is 0 Å². The van der Waals surface area contributed by atoms with E-state index in [1.165, 1.54) is 0 Å². The summed E-state index contributed by atoms with van der Waals surface area (Å²) in [6.45, 7) is 5.92. The molecule has 0 radical (unpaired) electrons. The Morgan fingerprint density at radius 2 is 2.21 bits per heavy atom. The maximum absolute atomic E-state index is 12.2. The van der Waals surface area contributed by atoms with E-state index in [-0.39, 0.29) is 31.0 Å². The molecule has 126 valence electrons. The number of hydrogen-bond acceptors (Lipinski definition) is 4. The van der Waals surface area contributed by atoms with Crippen LogP contribution in [0.5, 0.6) is 5.75 Å². The molecule has 2 aromatic rings. The van der Waals surface area contributed by atoms with Crippen molar-refractivity contribution in [3.05, 3.63) is 41.2 Å². The number of rotatable bonds is 4. The van der Waals surface area contributed by atoms with Gasteiger partial charge in [-0.1, -0.05) is 6.07 Å². The Morgan fingerprint density at radius 3 is 2.92 bits per heavy atom. The van der Waals surface area contributed by atoms with E-state index in [0.717, 1.165) is 17.0 Å². The van der Waals surface area contributed by atoms with Crippen molar-refractivity contribution >= 4 is 17.5 Å². The van der Waals surface area contributed by atoms with Gasteiger partial charge >= 0.3 is 0 Å². The Balaban J connectivity index is 1.67. The molecule has 0 saturated heterocycles. The lowest BCUT2D eigenvalue weighted by Crippen LogP contribution is -2.31. The van der Waals surface area contributed by atoms with Gasteiger partial charge in [0.25, 0.3) is 5.91 Å². The Bertz CT molecular complexity index is 797. The van der Waals surface area contributed by atoms with Crippen molar-refractivity contribution in [3.63, 3.8) is 0 Å². The van der Waals surface area contributed by atoms with Crippen LogP contribution in [0, 0.1) is 13.8 Å². The SMILES string of the molecule is Cc1cc(C)n(CC(=O)N[C@@H](C)c2ccc3c(c2)NC(=O)CO3)n1. The summed E-state index contributed by atoms with van der Waals surface area (Å²) in [4.78, 5) is 23.6. The highest BCUT2D eigenvalue weighted by atomic mass is 16.5. The van der Waals surface area contributed by atoms with Crippen LogP contribution in [0.15, 0.2) is 24.3 Å². The van der Waals surface area contributed by atoms with Crippen LogP contribution >= 0.6 is 0 Å². The number of nitrogens with one attached hydrogen (secondary N) is 2. The average Bonchev–Trinajstić information content (AvgIpc) is 2.83. The topological polar surface area (TPSA) is 85.2 Å². The molecule has 1 aromatic heterocycles. The summed E-state index contributed by atoms with van der Waals surface area (Å²) in [5.41, 5.74) is 3.35. The smallest absolute Gasteiger partial charge is 0.262 e. The minimum absolute atomic E-state index is 0.0290. The molecule has 24 heavy (non-hydrogen) atoms. The Kier molecular flexibility index (Phi) is 4.24. The number of nitrogens with zero attached hydrogens (tertiary/aromatic N) is 2. The molecule has 1 atom stereocenters. The number of amides is 2. The molecule has 0 saturated carbocycles. The first-order chi connectivity index (χ1) is 11.4. The highest BCUT2D eigenvalue weighted by Gasteiger charge is 2.18. The molecular weight excluding hydrogens is 308 g/mol. The van der Waals surface area contributed by atoms with Crippen LogP contribution in [-0.4, -0.2) is 28.2 Å². The minimum atomic E-state index is -0.196. The first-order valence-corrected chi connectivity index (χ1v) is 7.79. The summed E-state index contributed by atoms with van der Waals surface area (Å²) >= 11 is 0. The molecule has 2 heterocycles. The molecule has 7 heteroatoms. The van der Waals surface area contributed by atoms with Crippen LogP contribution in [0.3, 0.4) is 0 Å². The third-order valence-electron chi connectivity index (χ3n) is 3.91. The van der Waals surface area contributed by atoms with E-state index >= 15 is 0 Å². The van der Waals surface area contributed by atoms with Crippen molar-refractivity contribution in [2.45, 2.75) is 33.4 Å². The lowest BCUT2D eigenvalue weighted by molar-refractivity contribution is -0.122. The van der Waals surface area contributed by atoms with Gasteiger partial charge in [0, 0.05) is 5.69 Å². The molecule has 0 aliphatic carbocycles. The second-order valence-corrected chi connectivity index (χ2v) is 5.97. The fourth-order valence-corrected chi connectivity index (χ4v) is 2.71. The maximum atomic E-state index is 12.2. The quantitative estimate of drug-likeness (QED) is 0.895.